The van der Waals surface area contributed by atoms with Crippen molar-refractivity contribution in [2.75, 3.05) is 0 Å². The van der Waals surface area contributed by atoms with Crippen LogP contribution in [-0.2, 0) is 0 Å². The first-order valence-corrected chi connectivity index (χ1v) is 8.46. The van der Waals surface area contributed by atoms with E-state index in [4.69, 9.17) is 16.3 Å². The highest BCUT2D eigenvalue weighted by molar-refractivity contribution is 14.1. The molecule has 6 heteroatoms. The number of nitrogens with zero attached hydrogens (tertiary/aromatic N) is 1. The number of rotatable bonds is 5. The van der Waals surface area contributed by atoms with Gasteiger partial charge < -0.3 is 4.74 Å². The van der Waals surface area contributed by atoms with E-state index < -0.39 is 0 Å². The lowest BCUT2D eigenvalue weighted by Crippen LogP contribution is -2.17. The van der Waals surface area contributed by atoms with Gasteiger partial charge in [0, 0.05) is 19.7 Å². The molecule has 23 heavy (non-hydrogen) atoms. The molecule has 4 nitrogen and oxygen atoms in total. The van der Waals surface area contributed by atoms with Crippen molar-refractivity contribution in [3.05, 3.63) is 62.2 Å². The molecule has 0 aliphatic carbocycles. The number of nitrogens with one attached hydrogen (secondary N) is 1. The molecule has 0 spiro atoms. The molecule has 0 bridgehead atoms. The Morgan fingerprint density at radius 3 is 2.61 bits per heavy atom. The highest BCUT2D eigenvalue weighted by Gasteiger charge is 2.06. The van der Waals surface area contributed by atoms with Crippen molar-refractivity contribution < 1.29 is 9.53 Å². The molecule has 0 aromatic heterocycles. The minimum Gasteiger partial charge on any atom is -0.490 e. The predicted octanol–water partition coefficient (Wildman–Crippen LogP) is 4.50. The SMILES string of the molecule is CC(C)Oc1ccc(Cl)cc1/C=N\NC(=O)c1ccc(I)cc1. The van der Waals surface area contributed by atoms with Gasteiger partial charge in [0.2, 0.25) is 0 Å². The molecule has 0 saturated carbocycles. The first-order chi connectivity index (χ1) is 11.0. The van der Waals surface area contributed by atoms with Gasteiger partial charge in [0.1, 0.15) is 5.75 Å². The Bertz CT molecular complexity index is 715. The van der Waals surface area contributed by atoms with E-state index in [2.05, 4.69) is 33.1 Å². The van der Waals surface area contributed by atoms with E-state index in [-0.39, 0.29) is 12.0 Å². The van der Waals surface area contributed by atoms with Crippen LogP contribution in [0.2, 0.25) is 5.02 Å². The molecule has 0 fully saturated rings. The molecule has 0 radical (unpaired) electrons. The zero-order valence-corrected chi connectivity index (χ0v) is 15.6. The second kappa shape index (κ2) is 8.31. The van der Waals surface area contributed by atoms with Gasteiger partial charge in [0.25, 0.3) is 5.91 Å². The van der Waals surface area contributed by atoms with Gasteiger partial charge in [-0.15, -0.1) is 0 Å². The van der Waals surface area contributed by atoms with Crippen LogP contribution < -0.4 is 10.2 Å². The van der Waals surface area contributed by atoms with Crippen molar-refractivity contribution in [3.8, 4) is 5.75 Å². The average Bonchev–Trinajstić information content (AvgIpc) is 2.50. The summed E-state index contributed by atoms with van der Waals surface area (Å²) >= 11 is 8.18. The molecule has 0 atom stereocenters. The standard InChI is InChI=1S/C17H16ClIN2O2/c1-11(2)23-16-8-5-14(18)9-13(16)10-20-21-17(22)12-3-6-15(19)7-4-12/h3-11H,1-2H3,(H,21,22)/b20-10-. The third-order valence-electron chi connectivity index (χ3n) is 2.81. The maximum Gasteiger partial charge on any atom is 0.271 e. The number of amides is 1. The molecule has 0 aliphatic rings. The highest BCUT2D eigenvalue weighted by atomic mass is 127. The molecule has 0 aliphatic heterocycles. The molecule has 1 N–H and O–H groups in total. The lowest BCUT2D eigenvalue weighted by molar-refractivity contribution is 0.0955. The summed E-state index contributed by atoms with van der Waals surface area (Å²) in [5.74, 6) is 0.391. The Balaban J connectivity index is 2.09. The van der Waals surface area contributed by atoms with Gasteiger partial charge in [-0.1, -0.05) is 11.6 Å². The van der Waals surface area contributed by atoms with Gasteiger partial charge in [-0.25, -0.2) is 5.43 Å². The Hall–Kier alpha value is -1.60. The Morgan fingerprint density at radius 2 is 1.96 bits per heavy atom. The number of hydrazone groups is 1. The van der Waals surface area contributed by atoms with Crippen LogP contribution in [0.4, 0.5) is 0 Å². The first kappa shape index (κ1) is 17.7. The minimum absolute atomic E-state index is 0.0321. The molecule has 1 amide bonds. The lowest BCUT2D eigenvalue weighted by atomic mass is 10.2. The molecule has 0 heterocycles. The van der Waals surface area contributed by atoms with Crippen molar-refractivity contribution in [3.63, 3.8) is 0 Å². The van der Waals surface area contributed by atoms with E-state index in [1.807, 2.05) is 26.0 Å². The van der Waals surface area contributed by atoms with E-state index in [0.717, 1.165) is 3.57 Å². The minimum atomic E-state index is -0.272. The van der Waals surface area contributed by atoms with Crippen LogP contribution in [0.1, 0.15) is 29.8 Å². The van der Waals surface area contributed by atoms with E-state index >= 15 is 0 Å². The Labute approximate surface area is 154 Å². The molecule has 2 rings (SSSR count). The maximum atomic E-state index is 12.0. The molecular weight excluding hydrogens is 427 g/mol. The molecule has 120 valence electrons. The van der Waals surface area contributed by atoms with E-state index in [1.54, 1.807) is 30.3 Å². The highest BCUT2D eigenvalue weighted by Crippen LogP contribution is 2.22. The predicted molar refractivity (Wildman–Crippen MR) is 101 cm³/mol. The van der Waals surface area contributed by atoms with Crippen LogP contribution in [0.5, 0.6) is 5.75 Å². The fourth-order valence-corrected chi connectivity index (χ4v) is 2.35. The number of carbonyl (C=O) groups excluding carboxylic acids is 1. The summed E-state index contributed by atoms with van der Waals surface area (Å²) < 4.78 is 6.76. The van der Waals surface area contributed by atoms with Gasteiger partial charge >= 0.3 is 0 Å². The summed E-state index contributed by atoms with van der Waals surface area (Å²) in [5, 5.41) is 4.56. The fourth-order valence-electron chi connectivity index (χ4n) is 1.81. The summed E-state index contributed by atoms with van der Waals surface area (Å²) in [6, 6.07) is 12.5. The zero-order chi connectivity index (χ0) is 16.8. The molecule has 2 aromatic carbocycles. The number of hydrogen-bond donors (Lipinski definition) is 1. The third-order valence-corrected chi connectivity index (χ3v) is 3.76. The van der Waals surface area contributed by atoms with Gasteiger partial charge in [-0.05, 0) is 78.9 Å². The molecule has 2 aromatic rings. The average molecular weight is 443 g/mol. The number of hydrogen-bond acceptors (Lipinski definition) is 3. The zero-order valence-electron chi connectivity index (χ0n) is 12.7. The van der Waals surface area contributed by atoms with Crippen LogP contribution >= 0.6 is 34.2 Å². The number of ether oxygens (including phenoxy) is 1. The Morgan fingerprint density at radius 1 is 1.26 bits per heavy atom. The van der Waals surface area contributed by atoms with Crippen LogP contribution in [0.15, 0.2) is 47.6 Å². The second-order valence-corrected chi connectivity index (χ2v) is 6.74. The van der Waals surface area contributed by atoms with Crippen molar-refractivity contribution in [2.24, 2.45) is 5.10 Å². The molecule has 0 saturated heterocycles. The quantitative estimate of drug-likeness (QED) is 0.421. The second-order valence-electron chi connectivity index (χ2n) is 5.05. The van der Waals surface area contributed by atoms with Gasteiger partial charge in [-0.2, -0.15) is 5.10 Å². The summed E-state index contributed by atoms with van der Waals surface area (Å²) in [7, 11) is 0. The van der Waals surface area contributed by atoms with Gasteiger partial charge in [0.05, 0.1) is 12.3 Å². The monoisotopic (exact) mass is 442 g/mol. The van der Waals surface area contributed by atoms with Crippen molar-refractivity contribution >= 4 is 46.3 Å². The van der Waals surface area contributed by atoms with Gasteiger partial charge in [-0.3, -0.25) is 4.79 Å². The van der Waals surface area contributed by atoms with Crippen LogP contribution in [0.25, 0.3) is 0 Å². The normalized spacial score (nSPS) is 11.0. The first-order valence-electron chi connectivity index (χ1n) is 7.01. The van der Waals surface area contributed by atoms with Crippen molar-refractivity contribution in [1.82, 2.24) is 5.43 Å². The largest absolute Gasteiger partial charge is 0.490 e. The third kappa shape index (κ3) is 5.51. The van der Waals surface area contributed by atoms with Gasteiger partial charge in [0.15, 0.2) is 0 Å². The number of halogens is 2. The van der Waals surface area contributed by atoms with E-state index in [1.165, 1.54) is 6.21 Å². The topological polar surface area (TPSA) is 50.7 Å². The van der Waals surface area contributed by atoms with E-state index in [9.17, 15) is 4.79 Å². The summed E-state index contributed by atoms with van der Waals surface area (Å²) in [5.41, 5.74) is 3.75. The van der Waals surface area contributed by atoms with Crippen molar-refractivity contribution in [1.29, 1.82) is 0 Å². The van der Waals surface area contributed by atoms with Crippen molar-refractivity contribution in [2.45, 2.75) is 20.0 Å². The Kier molecular flexibility index (Phi) is 6.41. The fraction of sp³-hybridized carbons (Fsp3) is 0.176. The smallest absolute Gasteiger partial charge is 0.271 e. The van der Waals surface area contributed by atoms with Crippen LogP contribution in [0, 0.1) is 3.57 Å². The maximum absolute atomic E-state index is 12.0. The summed E-state index contributed by atoms with van der Waals surface area (Å²) in [4.78, 5) is 12.0. The summed E-state index contributed by atoms with van der Waals surface area (Å²) in [6.45, 7) is 3.88. The summed E-state index contributed by atoms with van der Waals surface area (Å²) in [6.07, 6.45) is 1.55. The number of benzene rings is 2. The molecule has 0 unspecified atom stereocenters. The number of carbonyl (C=O) groups is 1. The van der Waals surface area contributed by atoms with Crippen LogP contribution in [-0.4, -0.2) is 18.2 Å². The van der Waals surface area contributed by atoms with Crippen LogP contribution in [0.3, 0.4) is 0 Å². The lowest BCUT2D eigenvalue weighted by Gasteiger charge is -2.12. The van der Waals surface area contributed by atoms with E-state index in [0.29, 0.717) is 21.9 Å². The molecular formula is C17H16ClIN2O2.